The van der Waals surface area contributed by atoms with E-state index in [2.05, 4.69) is 0 Å². The Morgan fingerprint density at radius 3 is 2.59 bits per heavy atom. The number of rotatable bonds is 5. The largest absolute Gasteiger partial charge is 0.493 e. The highest BCUT2D eigenvalue weighted by atomic mass is 35.5. The van der Waals surface area contributed by atoms with Crippen molar-refractivity contribution in [1.82, 2.24) is 0 Å². The van der Waals surface area contributed by atoms with Crippen molar-refractivity contribution in [1.29, 1.82) is 0 Å². The molecule has 0 aromatic heterocycles. The van der Waals surface area contributed by atoms with Gasteiger partial charge in [0.1, 0.15) is 0 Å². The summed E-state index contributed by atoms with van der Waals surface area (Å²) in [5, 5.41) is 0. The summed E-state index contributed by atoms with van der Waals surface area (Å²) in [6.07, 6.45) is 2.17. The van der Waals surface area contributed by atoms with Crippen LogP contribution in [0.2, 0.25) is 0 Å². The molecule has 0 radical (unpaired) electrons. The van der Waals surface area contributed by atoms with Crippen molar-refractivity contribution in [3.05, 3.63) is 29.3 Å². The number of methoxy groups -OCH3 is 1. The van der Waals surface area contributed by atoms with Gasteiger partial charge in [0.05, 0.1) is 13.2 Å². The molecule has 0 N–H and O–H groups in total. The van der Waals surface area contributed by atoms with Gasteiger partial charge in [0.2, 0.25) is 0 Å². The summed E-state index contributed by atoms with van der Waals surface area (Å²) in [5.74, 6) is 2.05. The van der Waals surface area contributed by atoms with E-state index in [9.17, 15) is 0 Å². The van der Waals surface area contributed by atoms with E-state index in [-0.39, 0.29) is 6.10 Å². The molecule has 3 heteroatoms. The van der Waals surface area contributed by atoms with Gasteiger partial charge in [0, 0.05) is 5.88 Å². The lowest BCUT2D eigenvalue weighted by molar-refractivity contribution is 0.230. The third-order valence-electron chi connectivity index (χ3n) is 2.17. The van der Waals surface area contributed by atoms with Gasteiger partial charge >= 0.3 is 0 Å². The normalized spacial score (nSPS) is 11.8. The van der Waals surface area contributed by atoms with E-state index >= 15 is 0 Å². The second-order valence-electron chi connectivity index (χ2n) is 4.20. The Labute approximate surface area is 108 Å². The highest BCUT2D eigenvalue weighted by molar-refractivity contribution is 6.19. The van der Waals surface area contributed by atoms with Gasteiger partial charge in [-0.3, -0.25) is 0 Å². The van der Waals surface area contributed by atoms with Crippen molar-refractivity contribution < 1.29 is 9.47 Å². The Morgan fingerprint density at radius 1 is 1.35 bits per heavy atom. The zero-order chi connectivity index (χ0) is 12.8. The molecular formula is C14H19ClO2. The average Bonchev–Trinajstić information content (AvgIpc) is 2.30. The molecule has 0 bridgehead atoms. The predicted octanol–water partition coefficient (Wildman–Crippen LogP) is 4.12. The van der Waals surface area contributed by atoms with Gasteiger partial charge in [-0.2, -0.15) is 0 Å². The Morgan fingerprint density at radius 2 is 2.06 bits per heavy atom. The number of alkyl halides is 1. The molecule has 0 saturated heterocycles. The minimum absolute atomic E-state index is 0.134. The molecular weight excluding hydrogens is 236 g/mol. The first kappa shape index (κ1) is 13.9. The van der Waals surface area contributed by atoms with E-state index in [1.807, 2.05) is 45.0 Å². The summed E-state index contributed by atoms with van der Waals surface area (Å²) in [4.78, 5) is 0. The lowest BCUT2D eigenvalue weighted by Crippen LogP contribution is -2.06. The van der Waals surface area contributed by atoms with Crippen molar-refractivity contribution in [2.75, 3.05) is 13.0 Å². The van der Waals surface area contributed by atoms with Gasteiger partial charge in [-0.25, -0.2) is 0 Å². The lowest BCUT2D eigenvalue weighted by atomic mass is 10.1. The van der Waals surface area contributed by atoms with Crippen molar-refractivity contribution in [2.45, 2.75) is 26.9 Å². The lowest BCUT2D eigenvalue weighted by Gasteiger charge is -2.13. The second-order valence-corrected chi connectivity index (χ2v) is 4.47. The molecule has 0 unspecified atom stereocenters. The molecule has 2 nitrogen and oxygen atoms in total. The van der Waals surface area contributed by atoms with Crippen molar-refractivity contribution >= 4 is 17.7 Å². The zero-order valence-corrected chi connectivity index (χ0v) is 11.5. The Hall–Kier alpha value is -1.15. The molecule has 0 aliphatic carbocycles. The standard InChI is InChI=1S/C14H19ClO2/c1-10(2)17-13-6-5-12(7-11(3)9-15)8-14(13)16-4/h5-8,10H,9H2,1-4H3. The first-order chi connectivity index (χ1) is 8.06. The first-order valence-electron chi connectivity index (χ1n) is 5.64. The number of hydrogen-bond acceptors (Lipinski definition) is 2. The highest BCUT2D eigenvalue weighted by Gasteiger charge is 2.06. The van der Waals surface area contributed by atoms with Gasteiger partial charge in [-0.1, -0.05) is 17.7 Å². The molecule has 0 heterocycles. The summed E-state index contributed by atoms with van der Waals surface area (Å²) < 4.78 is 11.0. The first-order valence-corrected chi connectivity index (χ1v) is 6.18. The zero-order valence-electron chi connectivity index (χ0n) is 10.8. The van der Waals surface area contributed by atoms with Crippen molar-refractivity contribution in [3.8, 4) is 11.5 Å². The van der Waals surface area contributed by atoms with Crippen molar-refractivity contribution in [2.24, 2.45) is 0 Å². The molecule has 0 aliphatic heterocycles. The monoisotopic (exact) mass is 254 g/mol. The van der Waals surface area contributed by atoms with E-state index in [0.717, 1.165) is 22.6 Å². The SMILES string of the molecule is COc1cc(C=C(C)CCl)ccc1OC(C)C. The fourth-order valence-corrected chi connectivity index (χ4v) is 1.53. The minimum atomic E-state index is 0.134. The molecule has 0 aliphatic rings. The molecule has 1 aromatic carbocycles. The summed E-state index contributed by atoms with van der Waals surface area (Å²) in [6, 6.07) is 5.87. The summed E-state index contributed by atoms with van der Waals surface area (Å²) in [6.45, 7) is 5.98. The molecule has 0 spiro atoms. The van der Waals surface area contributed by atoms with Crippen LogP contribution in [0.1, 0.15) is 26.3 Å². The molecule has 0 saturated carbocycles. The predicted molar refractivity (Wildman–Crippen MR) is 73.1 cm³/mol. The van der Waals surface area contributed by atoms with E-state index in [1.165, 1.54) is 0 Å². The van der Waals surface area contributed by atoms with Gasteiger partial charge in [-0.05, 0) is 38.5 Å². The molecule has 1 aromatic rings. The number of halogens is 1. The Kier molecular flexibility index (Phi) is 5.36. The third kappa shape index (κ3) is 4.31. The second kappa shape index (κ2) is 6.55. The summed E-state index contributed by atoms with van der Waals surface area (Å²) >= 11 is 5.75. The van der Waals surface area contributed by atoms with Crippen LogP contribution in [0.5, 0.6) is 11.5 Å². The highest BCUT2D eigenvalue weighted by Crippen LogP contribution is 2.29. The molecule has 1 rings (SSSR count). The van der Waals surface area contributed by atoms with Crippen LogP contribution in [-0.2, 0) is 0 Å². The average molecular weight is 255 g/mol. The molecule has 94 valence electrons. The summed E-state index contributed by atoms with van der Waals surface area (Å²) in [5.41, 5.74) is 2.18. The fraction of sp³-hybridized carbons (Fsp3) is 0.429. The quantitative estimate of drug-likeness (QED) is 0.736. The Balaban J connectivity index is 3.00. The number of benzene rings is 1. The van der Waals surface area contributed by atoms with Gasteiger partial charge < -0.3 is 9.47 Å². The van der Waals surface area contributed by atoms with E-state index in [0.29, 0.717) is 5.88 Å². The number of hydrogen-bond donors (Lipinski definition) is 0. The van der Waals surface area contributed by atoms with Crippen LogP contribution in [0.15, 0.2) is 23.8 Å². The van der Waals surface area contributed by atoms with Crippen molar-refractivity contribution in [3.63, 3.8) is 0 Å². The molecule has 0 atom stereocenters. The molecule has 0 amide bonds. The molecule has 17 heavy (non-hydrogen) atoms. The van der Waals surface area contributed by atoms with Crippen LogP contribution in [-0.4, -0.2) is 19.1 Å². The van der Waals surface area contributed by atoms with Crippen LogP contribution in [0, 0.1) is 0 Å². The smallest absolute Gasteiger partial charge is 0.161 e. The van der Waals surface area contributed by atoms with E-state index in [4.69, 9.17) is 21.1 Å². The maximum Gasteiger partial charge on any atom is 0.161 e. The summed E-state index contributed by atoms with van der Waals surface area (Å²) in [7, 11) is 1.64. The number of allylic oxidation sites excluding steroid dienone is 1. The minimum Gasteiger partial charge on any atom is -0.493 e. The maximum atomic E-state index is 5.75. The van der Waals surface area contributed by atoms with Crippen LogP contribution in [0.4, 0.5) is 0 Å². The Bertz CT molecular complexity index is 397. The fourth-order valence-electron chi connectivity index (χ4n) is 1.45. The van der Waals surface area contributed by atoms with E-state index in [1.54, 1.807) is 7.11 Å². The van der Waals surface area contributed by atoms with Crippen LogP contribution in [0.25, 0.3) is 6.08 Å². The van der Waals surface area contributed by atoms with Gasteiger partial charge in [0.15, 0.2) is 11.5 Å². The third-order valence-corrected chi connectivity index (χ3v) is 2.60. The van der Waals surface area contributed by atoms with Gasteiger partial charge in [0.25, 0.3) is 0 Å². The number of ether oxygens (including phenoxy) is 2. The topological polar surface area (TPSA) is 18.5 Å². The van der Waals surface area contributed by atoms with Crippen LogP contribution < -0.4 is 9.47 Å². The molecule has 0 fully saturated rings. The van der Waals surface area contributed by atoms with Crippen LogP contribution >= 0.6 is 11.6 Å². The van der Waals surface area contributed by atoms with Crippen LogP contribution in [0.3, 0.4) is 0 Å². The maximum absolute atomic E-state index is 5.75. The van der Waals surface area contributed by atoms with E-state index < -0.39 is 0 Å². The van der Waals surface area contributed by atoms with Gasteiger partial charge in [-0.15, -0.1) is 11.6 Å².